The molecule has 19 heavy (non-hydrogen) atoms. The smallest absolute Gasteiger partial charge is 0.0931 e. The zero-order chi connectivity index (χ0) is 13.8. The topological polar surface area (TPSA) is 29.3 Å². The lowest BCUT2D eigenvalue weighted by atomic mass is 10.0. The molecule has 0 spiro atoms. The average molecular weight is 315 g/mol. The summed E-state index contributed by atoms with van der Waals surface area (Å²) in [4.78, 5) is 4.93. The van der Waals surface area contributed by atoms with Crippen molar-refractivity contribution in [1.29, 1.82) is 0 Å². The molecule has 2 atom stereocenters. The van der Waals surface area contributed by atoms with Crippen molar-refractivity contribution in [3.05, 3.63) is 43.7 Å². The van der Waals surface area contributed by atoms with Crippen molar-refractivity contribution in [2.45, 2.75) is 32.0 Å². The van der Waals surface area contributed by atoms with Crippen molar-refractivity contribution < 1.29 is 0 Å². The molecule has 0 aliphatic heterocycles. The summed E-state index contributed by atoms with van der Waals surface area (Å²) >= 11 is 9.47. The van der Waals surface area contributed by atoms with E-state index < -0.39 is 0 Å². The summed E-state index contributed by atoms with van der Waals surface area (Å²) in [5, 5.41) is 2.11. The van der Waals surface area contributed by atoms with Gasteiger partial charge in [0.25, 0.3) is 0 Å². The second kappa shape index (κ2) is 6.86. The van der Waals surface area contributed by atoms with E-state index in [4.69, 9.17) is 17.3 Å². The van der Waals surface area contributed by atoms with E-state index in [1.807, 2.05) is 6.07 Å². The van der Waals surface area contributed by atoms with E-state index in [1.165, 1.54) is 9.75 Å². The third kappa shape index (κ3) is 3.80. The van der Waals surface area contributed by atoms with Crippen LogP contribution in [0.1, 0.15) is 29.1 Å². The number of hydrogen-bond acceptors (Lipinski definition) is 4. The van der Waals surface area contributed by atoms with Crippen molar-refractivity contribution in [2.75, 3.05) is 7.05 Å². The highest BCUT2D eigenvalue weighted by Gasteiger charge is 2.24. The van der Waals surface area contributed by atoms with Gasteiger partial charge in [0.15, 0.2) is 0 Å². The molecule has 0 aromatic carbocycles. The van der Waals surface area contributed by atoms with Crippen LogP contribution >= 0.6 is 34.3 Å². The Bertz CT molecular complexity index is 495. The Morgan fingerprint density at radius 1 is 1.37 bits per heavy atom. The molecule has 2 heterocycles. The first-order valence-corrected chi connectivity index (χ1v) is 8.42. The molecular formula is C14H19ClN2S2. The summed E-state index contributed by atoms with van der Waals surface area (Å²) in [6, 6.07) is 8.65. The van der Waals surface area contributed by atoms with E-state index >= 15 is 0 Å². The lowest BCUT2D eigenvalue weighted by molar-refractivity contribution is 0.206. The standard InChI is InChI=1S/C14H19ClN2S2/c1-3-11(16)14(12-6-7-13(15)19-12)17(2)9-10-5-4-8-18-10/h4-8,11,14H,3,9,16H2,1-2H3. The van der Waals surface area contributed by atoms with Gasteiger partial charge in [-0.3, -0.25) is 4.90 Å². The molecule has 2 N–H and O–H groups in total. The van der Waals surface area contributed by atoms with Gasteiger partial charge in [0.05, 0.1) is 10.4 Å². The number of nitrogens with zero attached hydrogens (tertiary/aromatic N) is 1. The molecule has 0 saturated heterocycles. The van der Waals surface area contributed by atoms with Crippen molar-refractivity contribution in [3.63, 3.8) is 0 Å². The van der Waals surface area contributed by atoms with Gasteiger partial charge in [-0.2, -0.15) is 0 Å². The van der Waals surface area contributed by atoms with Crippen LogP contribution in [0.4, 0.5) is 0 Å². The average Bonchev–Trinajstić information content (AvgIpc) is 3.01. The number of hydrogen-bond donors (Lipinski definition) is 1. The van der Waals surface area contributed by atoms with E-state index in [-0.39, 0.29) is 12.1 Å². The summed E-state index contributed by atoms with van der Waals surface area (Å²) < 4.78 is 0.827. The predicted octanol–water partition coefficient (Wildman–Crippen LogP) is 4.37. The zero-order valence-electron chi connectivity index (χ0n) is 11.2. The third-order valence-corrected chi connectivity index (χ3v) is 5.39. The van der Waals surface area contributed by atoms with Gasteiger partial charge in [-0.15, -0.1) is 22.7 Å². The second-order valence-corrected chi connectivity index (χ2v) is 7.43. The predicted molar refractivity (Wildman–Crippen MR) is 86.1 cm³/mol. The minimum Gasteiger partial charge on any atom is -0.326 e. The first-order chi connectivity index (χ1) is 9.11. The molecule has 0 fully saturated rings. The van der Waals surface area contributed by atoms with E-state index in [0.29, 0.717) is 0 Å². The number of nitrogens with two attached hydrogens (primary N) is 1. The Balaban J connectivity index is 2.17. The van der Waals surface area contributed by atoms with Crippen LogP contribution in [-0.4, -0.2) is 18.0 Å². The Kier molecular flexibility index (Phi) is 5.42. The van der Waals surface area contributed by atoms with Crippen LogP contribution in [-0.2, 0) is 6.54 Å². The normalized spacial score (nSPS) is 14.8. The maximum atomic E-state index is 6.31. The lowest BCUT2D eigenvalue weighted by Gasteiger charge is -2.31. The van der Waals surface area contributed by atoms with E-state index in [2.05, 4.69) is 42.5 Å². The SMILES string of the molecule is CCC(N)C(c1ccc(Cl)s1)N(C)Cc1cccs1. The number of likely N-dealkylation sites (N-methyl/N-ethyl adjacent to an activating group) is 1. The molecule has 2 rings (SSSR count). The van der Waals surface area contributed by atoms with Gasteiger partial charge in [-0.05, 0) is 37.0 Å². The van der Waals surface area contributed by atoms with Crippen LogP contribution in [0.2, 0.25) is 4.34 Å². The third-order valence-electron chi connectivity index (χ3n) is 3.22. The van der Waals surface area contributed by atoms with Crippen molar-refractivity contribution >= 4 is 34.3 Å². The molecular weight excluding hydrogens is 296 g/mol. The Hall–Kier alpha value is -0.390. The number of halogens is 1. The molecule has 0 aliphatic rings. The Labute approximate surface area is 127 Å². The highest BCUT2D eigenvalue weighted by Crippen LogP contribution is 2.33. The van der Waals surface area contributed by atoms with Gasteiger partial charge < -0.3 is 5.73 Å². The molecule has 104 valence electrons. The fourth-order valence-corrected chi connectivity index (χ4v) is 4.28. The fraction of sp³-hybridized carbons (Fsp3) is 0.429. The summed E-state index contributed by atoms with van der Waals surface area (Å²) in [5.74, 6) is 0. The molecule has 2 aromatic rings. The van der Waals surface area contributed by atoms with Gasteiger partial charge in [0, 0.05) is 22.3 Å². The van der Waals surface area contributed by atoms with Crippen molar-refractivity contribution in [3.8, 4) is 0 Å². The monoisotopic (exact) mass is 314 g/mol. The first-order valence-electron chi connectivity index (χ1n) is 6.35. The van der Waals surface area contributed by atoms with Crippen molar-refractivity contribution in [2.24, 2.45) is 5.73 Å². The Morgan fingerprint density at radius 3 is 2.68 bits per heavy atom. The van der Waals surface area contributed by atoms with Gasteiger partial charge in [-0.25, -0.2) is 0 Å². The second-order valence-electron chi connectivity index (χ2n) is 4.65. The fourth-order valence-electron chi connectivity index (χ4n) is 2.21. The summed E-state index contributed by atoms with van der Waals surface area (Å²) in [6.07, 6.45) is 0.953. The minimum atomic E-state index is 0.125. The van der Waals surface area contributed by atoms with Gasteiger partial charge >= 0.3 is 0 Å². The van der Waals surface area contributed by atoms with Crippen LogP contribution in [0.5, 0.6) is 0 Å². The maximum absolute atomic E-state index is 6.31. The molecule has 0 saturated carbocycles. The molecule has 0 amide bonds. The summed E-state index contributed by atoms with van der Waals surface area (Å²) in [5.41, 5.74) is 6.31. The Morgan fingerprint density at radius 2 is 2.16 bits per heavy atom. The van der Waals surface area contributed by atoms with Gasteiger partial charge in [-0.1, -0.05) is 24.6 Å². The maximum Gasteiger partial charge on any atom is 0.0931 e. The minimum absolute atomic E-state index is 0.125. The molecule has 2 aromatic heterocycles. The van der Waals surface area contributed by atoms with Crippen LogP contribution in [0.25, 0.3) is 0 Å². The van der Waals surface area contributed by atoms with E-state index in [0.717, 1.165) is 17.3 Å². The molecule has 2 nitrogen and oxygen atoms in total. The van der Waals surface area contributed by atoms with Crippen molar-refractivity contribution in [1.82, 2.24) is 4.90 Å². The molecule has 0 bridgehead atoms. The molecule has 0 radical (unpaired) electrons. The van der Waals surface area contributed by atoms with Gasteiger partial charge in [0.1, 0.15) is 0 Å². The summed E-state index contributed by atoms with van der Waals surface area (Å²) in [6.45, 7) is 3.05. The highest BCUT2D eigenvalue weighted by atomic mass is 35.5. The van der Waals surface area contributed by atoms with Crippen LogP contribution in [0.15, 0.2) is 29.6 Å². The van der Waals surface area contributed by atoms with Crippen LogP contribution < -0.4 is 5.73 Å². The van der Waals surface area contributed by atoms with Gasteiger partial charge in [0.2, 0.25) is 0 Å². The van der Waals surface area contributed by atoms with E-state index in [9.17, 15) is 0 Å². The lowest BCUT2D eigenvalue weighted by Crippen LogP contribution is -2.37. The first kappa shape index (κ1) is 15.0. The zero-order valence-corrected chi connectivity index (χ0v) is 13.6. The van der Waals surface area contributed by atoms with Crippen LogP contribution in [0.3, 0.4) is 0 Å². The highest BCUT2D eigenvalue weighted by molar-refractivity contribution is 7.16. The quantitative estimate of drug-likeness (QED) is 0.857. The number of rotatable bonds is 6. The molecule has 2 unspecified atom stereocenters. The summed E-state index contributed by atoms with van der Waals surface area (Å²) in [7, 11) is 2.13. The largest absolute Gasteiger partial charge is 0.326 e. The number of thiophene rings is 2. The van der Waals surface area contributed by atoms with Crippen LogP contribution in [0, 0.1) is 0 Å². The molecule has 0 aliphatic carbocycles. The van der Waals surface area contributed by atoms with E-state index in [1.54, 1.807) is 22.7 Å². The molecule has 5 heteroatoms.